The first-order valence-corrected chi connectivity index (χ1v) is 12.2. The van der Waals surface area contributed by atoms with Crippen molar-refractivity contribution < 1.29 is 24.4 Å². The number of aromatic nitrogens is 4. The highest BCUT2D eigenvalue weighted by Gasteiger charge is 2.30. The number of anilines is 2. The molecule has 3 aromatic heterocycles. The predicted molar refractivity (Wildman–Crippen MR) is 135 cm³/mol. The summed E-state index contributed by atoms with van der Waals surface area (Å²) in [5.74, 6) is -0.0991. The van der Waals surface area contributed by atoms with Crippen LogP contribution >= 0.6 is 0 Å². The molecule has 0 bridgehead atoms. The van der Waals surface area contributed by atoms with Gasteiger partial charge in [0.05, 0.1) is 31.1 Å². The van der Waals surface area contributed by atoms with Gasteiger partial charge in [0.25, 0.3) is 0 Å². The fourth-order valence-electron chi connectivity index (χ4n) is 4.72. The Morgan fingerprint density at radius 2 is 1.89 bits per heavy atom. The number of carbonyl (C=O) groups is 1. The second-order valence-electron chi connectivity index (χ2n) is 9.23. The Balaban J connectivity index is 1.45. The first-order chi connectivity index (χ1) is 18.0. The molecule has 2 saturated heterocycles. The topological polar surface area (TPSA) is 127 Å². The molecule has 11 nitrogen and oxygen atoms in total. The second kappa shape index (κ2) is 9.25. The molecule has 0 saturated carbocycles. The monoisotopic (exact) mass is 503 g/mol. The number of pyridine rings is 1. The van der Waals surface area contributed by atoms with Crippen LogP contribution in [0.5, 0.6) is 5.75 Å². The molecule has 0 unspecified atom stereocenters. The first kappa shape index (κ1) is 23.0. The molecule has 11 heteroatoms. The molecule has 37 heavy (non-hydrogen) atoms. The van der Waals surface area contributed by atoms with Gasteiger partial charge in [-0.15, -0.1) is 0 Å². The number of aromatic amines is 2. The maximum atomic E-state index is 13.4. The quantitative estimate of drug-likeness (QED) is 0.426. The van der Waals surface area contributed by atoms with Gasteiger partial charge in [-0.2, -0.15) is 0 Å². The number of nitrogens with one attached hydrogen (secondary N) is 2. The molecule has 4 aromatic rings. The fraction of sp³-hybridized carbons (Fsp3) is 0.308. The number of carbonyl (C=O) groups excluding carboxylic acids is 1. The van der Waals surface area contributed by atoms with Crippen LogP contribution in [0.3, 0.4) is 0 Å². The number of benzene rings is 1. The van der Waals surface area contributed by atoms with Crippen LogP contribution < -0.4 is 20.3 Å². The van der Waals surface area contributed by atoms with E-state index in [2.05, 4.69) is 44.1 Å². The van der Waals surface area contributed by atoms with E-state index in [-0.39, 0.29) is 17.9 Å². The average molecular weight is 504 g/mol. The van der Waals surface area contributed by atoms with E-state index in [9.17, 15) is 14.7 Å². The summed E-state index contributed by atoms with van der Waals surface area (Å²) in [6.45, 7) is 5.02. The minimum absolute atomic E-state index is 0.0769. The molecule has 1 amide bonds. The first-order valence-electron chi connectivity index (χ1n) is 12.2. The number of imidazole rings is 1. The number of H-pyrrole nitrogens is 2. The summed E-state index contributed by atoms with van der Waals surface area (Å²) in [6.07, 6.45) is 3.57. The van der Waals surface area contributed by atoms with Crippen molar-refractivity contribution in [3.05, 3.63) is 69.9 Å². The van der Waals surface area contributed by atoms with E-state index >= 15 is 0 Å². The molecule has 0 atom stereocenters. The van der Waals surface area contributed by atoms with Crippen LogP contribution in [0.15, 0.2) is 47.5 Å². The number of ether oxygens (including phenoxy) is 2. The van der Waals surface area contributed by atoms with Gasteiger partial charge in [0, 0.05) is 25.7 Å². The summed E-state index contributed by atoms with van der Waals surface area (Å²) < 4.78 is 11.9. The van der Waals surface area contributed by atoms with Crippen molar-refractivity contribution in [1.29, 1.82) is 0 Å². The second-order valence-corrected chi connectivity index (χ2v) is 9.23. The zero-order chi connectivity index (χ0) is 25.5. The standard InChI is InChI=1S/C26H26N6O5/c1-16-2-4-17(5-3-16)12-18-14-27-23(28-18)21-22(33)25(34)32-15-19(30-6-9-36-10-7-30)13-20(24(32)29-21)31-8-11-37-26(31)35/h2-5,13-15,33H,6-12H2,1H3,(H,27,28)/p+1. The normalized spacial score (nSPS) is 16.0. The Bertz CT molecular complexity index is 1540. The van der Waals surface area contributed by atoms with Crippen molar-refractivity contribution in [3.63, 3.8) is 0 Å². The zero-order valence-corrected chi connectivity index (χ0v) is 20.4. The summed E-state index contributed by atoms with van der Waals surface area (Å²) in [5, 5.41) is 10.9. The van der Waals surface area contributed by atoms with Gasteiger partial charge in [-0.25, -0.2) is 19.7 Å². The number of rotatable bonds is 5. The maximum absolute atomic E-state index is 13.4. The van der Waals surface area contributed by atoms with Crippen LogP contribution in [0.2, 0.25) is 0 Å². The highest BCUT2D eigenvalue weighted by atomic mass is 16.6. The van der Waals surface area contributed by atoms with Crippen LogP contribution in [0, 0.1) is 6.92 Å². The van der Waals surface area contributed by atoms with E-state index in [1.54, 1.807) is 12.4 Å². The third-order valence-corrected chi connectivity index (χ3v) is 6.72. The Hall–Kier alpha value is -4.38. The largest absolute Gasteiger partial charge is 0.501 e. The van der Waals surface area contributed by atoms with Crippen LogP contribution in [-0.4, -0.2) is 65.0 Å². The predicted octanol–water partition coefficient (Wildman–Crippen LogP) is 1.90. The molecule has 0 aliphatic carbocycles. The highest BCUT2D eigenvalue weighted by Crippen LogP contribution is 2.31. The van der Waals surface area contributed by atoms with E-state index in [1.807, 2.05) is 13.0 Å². The summed E-state index contributed by atoms with van der Waals surface area (Å²) in [7, 11) is 0. The number of amides is 1. The number of fused-ring (bicyclic) bond motifs is 1. The average Bonchev–Trinajstić information content (AvgIpc) is 3.56. The molecule has 3 N–H and O–H groups in total. The maximum Gasteiger partial charge on any atom is 0.414 e. The Kier molecular flexibility index (Phi) is 5.76. The van der Waals surface area contributed by atoms with Crippen molar-refractivity contribution >= 4 is 23.1 Å². The van der Waals surface area contributed by atoms with Gasteiger partial charge in [0.15, 0.2) is 5.65 Å². The van der Waals surface area contributed by atoms with Gasteiger partial charge in [0.2, 0.25) is 11.4 Å². The van der Waals surface area contributed by atoms with Crippen LogP contribution in [-0.2, 0) is 15.9 Å². The van der Waals surface area contributed by atoms with Gasteiger partial charge in [0.1, 0.15) is 18.5 Å². The molecule has 6 rings (SSSR count). The summed E-state index contributed by atoms with van der Waals surface area (Å²) in [6, 6.07) is 10.1. The smallest absolute Gasteiger partial charge is 0.414 e. The molecule has 2 aliphatic heterocycles. The van der Waals surface area contributed by atoms with E-state index in [4.69, 9.17) is 9.47 Å². The molecule has 0 radical (unpaired) electrons. The van der Waals surface area contributed by atoms with Gasteiger partial charge in [-0.3, -0.25) is 14.1 Å². The zero-order valence-electron chi connectivity index (χ0n) is 20.4. The molecule has 2 fully saturated rings. The van der Waals surface area contributed by atoms with E-state index < -0.39 is 17.4 Å². The molecular weight excluding hydrogens is 476 g/mol. The number of nitrogens with zero attached hydrogens (tertiary/aromatic N) is 4. The van der Waals surface area contributed by atoms with Gasteiger partial charge in [-0.1, -0.05) is 29.8 Å². The lowest BCUT2D eigenvalue weighted by atomic mass is 10.1. The minimum atomic E-state index is -0.632. The van der Waals surface area contributed by atoms with Crippen LogP contribution in [0.25, 0.3) is 17.2 Å². The number of cyclic esters (lactones) is 1. The van der Waals surface area contributed by atoms with Crippen molar-refractivity contribution in [2.75, 3.05) is 49.3 Å². The third-order valence-electron chi connectivity index (χ3n) is 6.72. The number of aromatic hydroxyl groups is 1. The summed E-state index contributed by atoms with van der Waals surface area (Å²) in [4.78, 5) is 40.4. The summed E-state index contributed by atoms with van der Waals surface area (Å²) >= 11 is 0. The molecule has 5 heterocycles. The van der Waals surface area contributed by atoms with E-state index in [0.29, 0.717) is 50.8 Å². The van der Waals surface area contributed by atoms with Crippen molar-refractivity contribution in [3.8, 4) is 17.3 Å². The highest BCUT2D eigenvalue weighted by molar-refractivity contribution is 5.95. The van der Waals surface area contributed by atoms with Gasteiger partial charge < -0.3 is 19.5 Å². The minimum Gasteiger partial charge on any atom is -0.501 e. The molecular formula is C26H27N6O5+. The molecule has 190 valence electrons. The van der Waals surface area contributed by atoms with Crippen LogP contribution in [0.4, 0.5) is 16.2 Å². The van der Waals surface area contributed by atoms with Crippen molar-refractivity contribution in [1.82, 2.24) is 14.4 Å². The van der Waals surface area contributed by atoms with E-state index in [0.717, 1.165) is 16.9 Å². The Morgan fingerprint density at radius 3 is 2.62 bits per heavy atom. The lowest BCUT2D eigenvalue weighted by molar-refractivity contribution is -0.362. The van der Waals surface area contributed by atoms with Gasteiger partial charge in [-0.05, 0) is 18.6 Å². The van der Waals surface area contributed by atoms with E-state index in [1.165, 1.54) is 14.9 Å². The number of aryl methyl sites for hydroxylation is 1. The Labute approximate surface area is 211 Å². The molecule has 0 spiro atoms. The summed E-state index contributed by atoms with van der Waals surface area (Å²) in [5.41, 5.74) is 4.03. The van der Waals surface area contributed by atoms with Crippen LogP contribution in [0.1, 0.15) is 16.8 Å². The SMILES string of the molecule is Cc1ccc(Cc2c[nH+]c(-c3nc4c(N5CCOC5=O)cc(N5CCOCC5)cn4c(=O)c3O)[nH]2)cc1. The van der Waals surface area contributed by atoms with Crippen molar-refractivity contribution in [2.45, 2.75) is 13.3 Å². The Morgan fingerprint density at radius 1 is 1.11 bits per heavy atom. The lowest BCUT2D eigenvalue weighted by Gasteiger charge is -2.30. The molecule has 2 aliphatic rings. The third kappa shape index (κ3) is 4.27. The van der Waals surface area contributed by atoms with Gasteiger partial charge >= 0.3 is 17.5 Å². The van der Waals surface area contributed by atoms with Crippen molar-refractivity contribution in [2.24, 2.45) is 0 Å². The number of hydrogen-bond donors (Lipinski definition) is 2. The fourth-order valence-corrected chi connectivity index (χ4v) is 4.72. The lowest BCUT2D eigenvalue weighted by Crippen LogP contribution is -2.37. The number of hydrogen-bond acceptors (Lipinski definition) is 7. The number of morpholine rings is 1. The molecule has 1 aromatic carbocycles.